The molecule has 1 aliphatic carbocycles. The highest BCUT2D eigenvalue weighted by Crippen LogP contribution is 2.34. The fraction of sp³-hybridized carbons (Fsp3) is 0.462. The van der Waals surface area contributed by atoms with Crippen molar-refractivity contribution in [2.45, 2.75) is 38.3 Å². The third kappa shape index (κ3) is 3.71. The lowest BCUT2D eigenvalue weighted by Gasteiger charge is -2.36. The molecule has 2 saturated heterocycles. The highest BCUT2D eigenvalue weighted by molar-refractivity contribution is 6.07. The molecular weight excluding hydrogens is 432 g/mol. The Hall–Kier alpha value is -3.10. The maximum atomic E-state index is 13.4. The van der Waals surface area contributed by atoms with Gasteiger partial charge >= 0.3 is 6.03 Å². The molecule has 2 aromatic carbocycles. The number of rotatable bonds is 5. The molecule has 0 aromatic heterocycles. The first kappa shape index (κ1) is 21.4. The van der Waals surface area contributed by atoms with Crippen molar-refractivity contribution in [3.05, 3.63) is 58.7 Å². The number of urea groups is 1. The molecule has 8 nitrogen and oxygen atoms in total. The monoisotopic (exact) mass is 462 g/mol. The van der Waals surface area contributed by atoms with Gasteiger partial charge in [-0.2, -0.15) is 0 Å². The molecule has 6 rings (SSSR count). The average Bonchev–Trinajstić information content (AvgIpc) is 3.55. The Balaban J connectivity index is 1.07. The van der Waals surface area contributed by atoms with Gasteiger partial charge in [0.25, 0.3) is 5.91 Å². The van der Waals surface area contributed by atoms with Crippen LogP contribution >= 0.6 is 0 Å². The van der Waals surface area contributed by atoms with Gasteiger partial charge in [-0.1, -0.05) is 24.3 Å². The van der Waals surface area contributed by atoms with E-state index in [1.54, 1.807) is 0 Å². The van der Waals surface area contributed by atoms with E-state index < -0.39 is 5.54 Å². The minimum Gasteiger partial charge on any atom is -0.454 e. The number of hydrogen-bond donors (Lipinski definition) is 1. The van der Waals surface area contributed by atoms with E-state index in [1.165, 1.54) is 21.6 Å². The summed E-state index contributed by atoms with van der Waals surface area (Å²) in [6.45, 7) is 6.63. The van der Waals surface area contributed by atoms with Crippen LogP contribution in [0.4, 0.5) is 4.79 Å². The van der Waals surface area contributed by atoms with Gasteiger partial charge in [0.15, 0.2) is 11.5 Å². The van der Waals surface area contributed by atoms with E-state index in [1.807, 2.05) is 25.1 Å². The highest BCUT2D eigenvalue weighted by Gasteiger charge is 2.49. The minimum atomic E-state index is -1.00. The molecule has 0 unspecified atom stereocenters. The normalized spacial score (nSPS) is 24.6. The highest BCUT2D eigenvalue weighted by atomic mass is 16.7. The summed E-state index contributed by atoms with van der Waals surface area (Å²) < 4.78 is 10.9. The third-order valence-corrected chi connectivity index (χ3v) is 7.60. The fourth-order valence-electron chi connectivity index (χ4n) is 5.49. The van der Waals surface area contributed by atoms with Crippen molar-refractivity contribution in [3.63, 3.8) is 0 Å². The van der Waals surface area contributed by atoms with Crippen LogP contribution in [-0.2, 0) is 29.7 Å². The number of imide groups is 1. The quantitative estimate of drug-likeness (QED) is 0.688. The molecule has 0 bridgehead atoms. The Morgan fingerprint density at radius 2 is 1.68 bits per heavy atom. The van der Waals surface area contributed by atoms with E-state index in [-0.39, 0.29) is 18.7 Å². The molecule has 1 atom stereocenters. The summed E-state index contributed by atoms with van der Waals surface area (Å²) >= 11 is 0. The lowest BCUT2D eigenvalue weighted by Crippen LogP contribution is -2.51. The first-order valence-corrected chi connectivity index (χ1v) is 12.1. The number of aryl methyl sites for hydroxylation is 2. The Morgan fingerprint density at radius 3 is 2.53 bits per heavy atom. The maximum absolute atomic E-state index is 13.4. The average molecular weight is 463 g/mol. The molecule has 34 heavy (non-hydrogen) atoms. The van der Waals surface area contributed by atoms with Crippen molar-refractivity contribution in [3.8, 4) is 11.5 Å². The van der Waals surface area contributed by atoms with Gasteiger partial charge in [0.05, 0.1) is 6.67 Å². The number of hydrogen-bond acceptors (Lipinski definition) is 6. The largest absolute Gasteiger partial charge is 0.454 e. The predicted octanol–water partition coefficient (Wildman–Crippen LogP) is 2.45. The van der Waals surface area contributed by atoms with Crippen molar-refractivity contribution in [1.29, 1.82) is 0 Å². The van der Waals surface area contributed by atoms with Crippen LogP contribution in [0.2, 0.25) is 0 Å². The van der Waals surface area contributed by atoms with Gasteiger partial charge in [-0.15, -0.1) is 0 Å². The number of carbonyl (C=O) groups excluding carboxylic acids is 2. The number of amides is 3. The number of carbonyl (C=O) groups is 2. The maximum Gasteiger partial charge on any atom is 0.326 e. The van der Waals surface area contributed by atoms with E-state index in [0.717, 1.165) is 69.0 Å². The first-order valence-electron chi connectivity index (χ1n) is 12.1. The van der Waals surface area contributed by atoms with Crippen LogP contribution in [-0.4, -0.2) is 66.3 Å². The smallest absolute Gasteiger partial charge is 0.326 e. The second-order valence-electron chi connectivity index (χ2n) is 9.85. The SMILES string of the molecule is C[C@@]1(c2ccc3c(c2)CCC3)NC(=O)N(CN2CCN(Cc3ccc4c(c3)OCO4)CC2)C1=O. The molecule has 0 spiro atoms. The van der Waals surface area contributed by atoms with E-state index in [0.29, 0.717) is 6.67 Å². The topological polar surface area (TPSA) is 74.4 Å². The fourth-order valence-corrected chi connectivity index (χ4v) is 5.49. The molecule has 2 aromatic rings. The van der Waals surface area contributed by atoms with Crippen molar-refractivity contribution in [2.24, 2.45) is 0 Å². The lowest BCUT2D eigenvalue weighted by molar-refractivity contribution is -0.132. The molecule has 0 radical (unpaired) electrons. The molecule has 3 amide bonds. The zero-order valence-electron chi connectivity index (χ0n) is 19.5. The number of fused-ring (bicyclic) bond motifs is 2. The van der Waals surface area contributed by atoms with Crippen molar-refractivity contribution < 1.29 is 19.1 Å². The Labute approximate surface area is 199 Å². The second-order valence-corrected chi connectivity index (χ2v) is 9.85. The van der Waals surface area contributed by atoms with Crippen LogP contribution in [0, 0.1) is 0 Å². The second kappa shape index (κ2) is 8.29. The summed E-state index contributed by atoms with van der Waals surface area (Å²) in [5, 5.41) is 2.97. The van der Waals surface area contributed by atoms with Crippen molar-refractivity contribution in [2.75, 3.05) is 39.6 Å². The summed E-state index contributed by atoms with van der Waals surface area (Å²) in [6, 6.07) is 12.0. The molecule has 3 aliphatic heterocycles. The van der Waals surface area contributed by atoms with Gasteiger partial charge in [0.1, 0.15) is 5.54 Å². The van der Waals surface area contributed by atoms with Gasteiger partial charge < -0.3 is 14.8 Å². The summed E-state index contributed by atoms with van der Waals surface area (Å²) in [7, 11) is 0. The predicted molar refractivity (Wildman–Crippen MR) is 125 cm³/mol. The van der Waals surface area contributed by atoms with Crippen LogP contribution in [0.5, 0.6) is 11.5 Å². The molecule has 1 N–H and O–H groups in total. The van der Waals surface area contributed by atoms with Crippen LogP contribution in [0.25, 0.3) is 0 Å². The standard InChI is InChI=1S/C26H30N4O4/c1-26(21-7-6-19-3-2-4-20(19)14-21)24(31)30(25(32)27-26)16-29-11-9-28(10-12-29)15-18-5-8-22-23(13-18)34-17-33-22/h5-8,13-14H,2-4,9-12,15-17H2,1H3,(H,27,32)/t26-/m0/s1. The van der Waals surface area contributed by atoms with Gasteiger partial charge in [-0.25, -0.2) is 9.69 Å². The molecule has 0 saturated carbocycles. The summed E-state index contributed by atoms with van der Waals surface area (Å²) in [4.78, 5) is 32.2. The van der Waals surface area contributed by atoms with Crippen LogP contribution in [0.15, 0.2) is 36.4 Å². The molecule has 178 valence electrons. The Kier molecular flexibility index (Phi) is 5.22. The minimum absolute atomic E-state index is 0.168. The molecular formula is C26H30N4O4. The summed E-state index contributed by atoms with van der Waals surface area (Å²) in [5.74, 6) is 1.44. The number of benzene rings is 2. The van der Waals surface area contributed by atoms with Crippen LogP contribution < -0.4 is 14.8 Å². The van der Waals surface area contributed by atoms with Gasteiger partial charge in [-0.3, -0.25) is 14.6 Å². The van der Waals surface area contributed by atoms with E-state index in [9.17, 15) is 9.59 Å². The summed E-state index contributed by atoms with van der Waals surface area (Å²) in [6.07, 6.45) is 3.30. The molecule has 2 fully saturated rings. The van der Waals surface area contributed by atoms with E-state index in [2.05, 4.69) is 33.3 Å². The first-order chi connectivity index (χ1) is 16.5. The van der Waals surface area contributed by atoms with Gasteiger partial charge in [0, 0.05) is 32.7 Å². The van der Waals surface area contributed by atoms with Crippen molar-refractivity contribution in [1.82, 2.24) is 20.0 Å². The molecule has 8 heteroatoms. The zero-order chi connectivity index (χ0) is 23.3. The third-order valence-electron chi connectivity index (χ3n) is 7.60. The van der Waals surface area contributed by atoms with E-state index >= 15 is 0 Å². The number of nitrogens with one attached hydrogen (secondary N) is 1. The van der Waals surface area contributed by atoms with Crippen LogP contribution in [0.1, 0.15) is 35.6 Å². The molecule has 3 heterocycles. The van der Waals surface area contributed by atoms with Crippen molar-refractivity contribution >= 4 is 11.9 Å². The number of ether oxygens (including phenoxy) is 2. The lowest BCUT2D eigenvalue weighted by atomic mass is 9.90. The van der Waals surface area contributed by atoms with Crippen LogP contribution in [0.3, 0.4) is 0 Å². The Morgan fingerprint density at radius 1 is 0.912 bits per heavy atom. The molecule has 4 aliphatic rings. The number of nitrogens with zero attached hydrogens (tertiary/aromatic N) is 3. The Bertz CT molecular complexity index is 1140. The van der Waals surface area contributed by atoms with Gasteiger partial charge in [-0.05, 0) is 60.6 Å². The van der Waals surface area contributed by atoms with Gasteiger partial charge in [0.2, 0.25) is 6.79 Å². The number of piperazine rings is 1. The summed E-state index contributed by atoms with van der Waals surface area (Å²) in [5.41, 5.74) is 3.73. The zero-order valence-corrected chi connectivity index (χ0v) is 19.5. The van der Waals surface area contributed by atoms with E-state index in [4.69, 9.17) is 9.47 Å².